The Hall–Kier alpha value is -0.320. The minimum absolute atomic E-state index is 0.115. The van der Waals surface area contributed by atoms with Gasteiger partial charge < -0.3 is 15.5 Å². The Kier molecular flexibility index (Phi) is 5.89. The van der Waals surface area contributed by atoms with Crippen molar-refractivity contribution in [1.82, 2.24) is 5.32 Å². The van der Waals surface area contributed by atoms with E-state index in [0.29, 0.717) is 16.5 Å². The number of hydrogen-bond donors (Lipinski definition) is 3. The number of aliphatic hydroxyl groups is 2. The third-order valence-corrected chi connectivity index (χ3v) is 4.09. The van der Waals surface area contributed by atoms with Crippen molar-refractivity contribution in [2.75, 3.05) is 13.2 Å². The number of nitrogens with one attached hydrogen (secondary N) is 1. The average molecular weight is 292 g/mol. The number of benzene rings is 1. The summed E-state index contributed by atoms with van der Waals surface area (Å²) < 4.78 is 0. The molecule has 1 atom stereocenters. The summed E-state index contributed by atoms with van der Waals surface area (Å²) in [4.78, 5) is 0. The highest BCUT2D eigenvalue weighted by molar-refractivity contribution is 6.42. The predicted octanol–water partition coefficient (Wildman–Crippen LogP) is 2.78. The first kappa shape index (κ1) is 15.7. The molecule has 1 aromatic carbocycles. The van der Waals surface area contributed by atoms with Crippen molar-refractivity contribution in [3.8, 4) is 0 Å². The smallest absolute Gasteiger partial charge is 0.0650 e. The van der Waals surface area contributed by atoms with E-state index in [2.05, 4.69) is 5.32 Å². The highest BCUT2D eigenvalue weighted by atomic mass is 35.5. The summed E-state index contributed by atoms with van der Waals surface area (Å²) >= 11 is 12.1. The Bertz CT molecular complexity index is 386. The third kappa shape index (κ3) is 3.37. The van der Waals surface area contributed by atoms with Crippen LogP contribution in [0.15, 0.2) is 18.2 Å². The monoisotopic (exact) mass is 291 g/mol. The summed E-state index contributed by atoms with van der Waals surface area (Å²) in [6.45, 7) is 3.56. The molecule has 0 aliphatic carbocycles. The Morgan fingerprint density at radius 1 is 1.28 bits per heavy atom. The van der Waals surface area contributed by atoms with Gasteiger partial charge in [0, 0.05) is 6.04 Å². The van der Waals surface area contributed by atoms with Gasteiger partial charge in [-0.3, -0.25) is 0 Å². The maximum atomic E-state index is 9.41. The summed E-state index contributed by atoms with van der Waals surface area (Å²) in [5.41, 5.74) is 0.148. The zero-order chi connectivity index (χ0) is 13.8. The van der Waals surface area contributed by atoms with Gasteiger partial charge in [0.1, 0.15) is 0 Å². The zero-order valence-electron chi connectivity index (χ0n) is 10.6. The third-order valence-electron chi connectivity index (χ3n) is 3.25. The topological polar surface area (TPSA) is 52.5 Å². The van der Waals surface area contributed by atoms with Gasteiger partial charge >= 0.3 is 0 Å². The fraction of sp³-hybridized carbons (Fsp3) is 0.538. The highest BCUT2D eigenvalue weighted by Crippen LogP contribution is 2.30. The molecule has 102 valence electrons. The first-order valence-electron chi connectivity index (χ1n) is 5.93. The van der Waals surface area contributed by atoms with Crippen LogP contribution in [0.2, 0.25) is 10.0 Å². The molecular formula is C13H19Cl2NO2. The van der Waals surface area contributed by atoms with Crippen LogP contribution in [0.3, 0.4) is 0 Å². The van der Waals surface area contributed by atoms with Crippen molar-refractivity contribution in [2.24, 2.45) is 0 Å². The predicted molar refractivity (Wildman–Crippen MR) is 75.2 cm³/mol. The molecule has 1 rings (SSSR count). The molecule has 0 saturated carbocycles. The maximum Gasteiger partial charge on any atom is 0.0650 e. The second-order valence-corrected chi connectivity index (χ2v) is 5.24. The molecular weight excluding hydrogens is 273 g/mol. The lowest BCUT2D eigenvalue weighted by molar-refractivity contribution is 0.0793. The van der Waals surface area contributed by atoms with Gasteiger partial charge in [-0.05, 0) is 25.0 Å². The molecule has 0 aromatic heterocycles. The number of hydrogen-bond acceptors (Lipinski definition) is 3. The van der Waals surface area contributed by atoms with Crippen LogP contribution in [0, 0.1) is 0 Å². The molecule has 0 saturated heterocycles. The molecule has 3 nitrogen and oxygen atoms in total. The number of halogens is 2. The van der Waals surface area contributed by atoms with E-state index in [4.69, 9.17) is 23.2 Å². The van der Waals surface area contributed by atoms with Crippen LogP contribution in [0.5, 0.6) is 0 Å². The van der Waals surface area contributed by atoms with Gasteiger partial charge in [-0.15, -0.1) is 0 Å². The van der Waals surface area contributed by atoms with E-state index in [9.17, 15) is 10.2 Å². The first-order chi connectivity index (χ1) is 8.49. The van der Waals surface area contributed by atoms with E-state index in [0.717, 1.165) is 5.56 Å². The van der Waals surface area contributed by atoms with E-state index < -0.39 is 5.54 Å². The number of aliphatic hydroxyl groups excluding tert-OH is 2. The molecule has 0 bridgehead atoms. The van der Waals surface area contributed by atoms with E-state index in [-0.39, 0.29) is 19.3 Å². The maximum absolute atomic E-state index is 9.41. The fourth-order valence-electron chi connectivity index (χ4n) is 1.86. The van der Waals surface area contributed by atoms with Gasteiger partial charge in [0.2, 0.25) is 0 Å². The fourth-order valence-corrected chi connectivity index (χ4v) is 2.33. The van der Waals surface area contributed by atoms with Gasteiger partial charge in [-0.2, -0.15) is 0 Å². The van der Waals surface area contributed by atoms with Crippen molar-refractivity contribution >= 4 is 23.2 Å². The standard InChI is InChI=1S/C13H19Cl2NO2/c1-3-13(7-17,8-18)16-9(2)10-5-4-6-11(14)12(10)15/h4-6,9,16-18H,3,7-8H2,1-2H3. The molecule has 5 heteroatoms. The van der Waals surface area contributed by atoms with Crippen molar-refractivity contribution in [3.05, 3.63) is 33.8 Å². The van der Waals surface area contributed by atoms with Crippen LogP contribution >= 0.6 is 23.2 Å². The molecule has 1 aromatic rings. The minimum atomic E-state index is -0.703. The van der Waals surface area contributed by atoms with Crippen molar-refractivity contribution in [3.63, 3.8) is 0 Å². The van der Waals surface area contributed by atoms with Crippen LogP contribution in [0.25, 0.3) is 0 Å². The SMILES string of the molecule is CCC(CO)(CO)NC(C)c1cccc(Cl)c1Cl. The van der Waals surface area contributed by atoms with E-state index >= 15 is 0 Å². The van der Waals surface area contributed by atoms with E-state index in [1.165, 1.54) is 0 Å². The van der Waals surface area contributed by atoms with Crippen LogP contribution in [0.1, 0.15) is 31.9 Å². The van der Waals surface area contributed by atoms with Gasteiger partial charge in [0.25, 0.3) is 0 Å². The van der Waals surface area contributed by atoms with Crippen molar-refractivity contribution < 1.29 is 10.2 Å². The molecule has 0 spiro atoms. The van der Waals surface area contributed by atoms with Crippen molar-refractivity contribution in [1.29, 1.82) is 0 Å². The lowest BCUT2D eigenvalue weighted by Gasteiger charge is -2.33. The summed E-state index contributed by atoms with van der Waals surface area (Å²) in [5, 5.41) is 23.0. The highest BCUT2D eigenvalue weighted by Gasteiger charge is 2.29. The molecule has 1 unspecified atom stereocenters. The van der Waals surface area contributed by atoms with Gasteiger partial charge in [0.05, 0.1) is 28.8 Å². The van der Waals surface area contributed by atoms with Crippen LogP contribution < -0.4 is 5.32 Å². The Balaban J connectivity index is 2.94. The molecule has 0 fully saturated rings. The summed E-state index contributed by atoms with van der Waals surface area (Å²) in [5.74, 6) is 0. The Morgan fingerprint density at radius 3 is 2.39 bits per heavy atom. The van der Waals surface area contributed by atoms with Gasteiger partial charge in [-0.25, -0.2) is 0 Å². The van der Waals surface area contributed by atoms with Crippen LogP contribution in [-0.4, -0.2) is 29.0 Å². The quantitative estimate of drug-likeness (QED) is 0.755. The largest absolute Gasteiger partial charge is 0.394 e. The molecule has 18 heavy (non-hydrogen) atoms. The Morgan fingerprint density at radius 2 is 1.89 bits per heavy atom. The van der Waals surface area contributed by atoms with Crippen LogP contribution in [-0.2, 0) is 0 Å². The normalized spacial score (nSPS) is 13.7. The lowest BCUT2D eigenvalue weighted by Crippen LogP contribution is -2.52. The average Bonchev–Trinajstić information content (AvgIpc) is 2.39. The second kappa shape index (κ2) is 6.73. The molecule has 0 aliphatic heterocycles. The van der Waals surface area contributed by atoms with E-state index in [1.54, 1.807) is 6.07 Å². The van der Waals surface area contributed by atoms with E-state index in [1.807, 2.05) is 26.0 Å². The summed E-state index contributed by atoms with van der Waals surface area (Å²) in [6.07, 6.45) is 0.614. The first-order valence-corrected chi connectivity index (χ1v) is 6.68. The van der Waals surface area contributed by atoms with Crippen LogP contribution in [0.4, 0.5) is 0 Å². The molecule has 0 amide bonds. The molecule has 3 N–H and O–H groups in total. The zero-order valence-corrected chi connectivity index (χ0v) is 12.1. The minimum Gasteiger partial charge on any atom is -0.394 e. The van der Waals surface area contributed by atoms with Gasteiger partial charge in [0.15, 0.2) is 0 Å². The molecule has 0 aliphatic rings. The summed E-state index contributed by atoms with van der Waals surface area (Å²) in [6, 6.07) is 5.31. The van der Waals surface area contributed by atoms with Crippen molar-refractivity contribution in [2.45, 2.75) is 31.8 Å². The van der Waals surface area contributed by atoms with Gasteiger partial charge in [-0.1, -0.05) is 42.3 Å². The summed E-state index contributed by atoms with van der Waals surface area (Å²) in [7, 11) is 0. The molecule has 0 radical (unpaired) electrons. The second-order valence-electron chi connectivity index (χ2n) is 4.46. The molecule has 0 heterocycles. The lowest BCUT2D eigenvalue weighted by atomic mass is 9.95. The number of rotatable bonds is 6. The Labute approximate surface area is 118 Å².